The Morgan fingerprint density at radius 2 is 1.96 bits per heavy atom. The molecule has 1 saturated heterocycles. The number of likely N-dealkylation sites (tertiary alicyclic amines) is 1. The van der Waals surface area contributed by atoms with Crippen LogP contribution in [0.5, 0.6) is 0 Å². The van der Waals surface area contributed by atoms with Crippen molar-refractivity contribution in [1.82, 2.24) is 14.9 Å². The van der Waals surface area contributed by atoms with Gasteiger partial charge in [0.05, 0.1) is 18.8 Å². The second-order valence-corrected chi connectivity index (χ2v) is 6.86. The van der Waals surface area contributed by atoms with Crippen LogP contribution in [0.2, 0.25) is 0 Å². The molecule has 4 heterocycles. The summed E-state index contributed by atoms with van der Waals surface area (Å²) in [6.07, 6.45) is 1.95. The predicted molar refractivity (Wildman–Crippen MR) is 92.7 cm³/mol. The molecule has 0 radical (unpaired) electrons. The number of fused-ring (bicyclic) bond motifs is 2. The molecule has 126 valence electrons. The SMILES string of the molecule is Cc1ccc(CN2CC3(C2)OCc2nc(-c4ccccc4)ncc23)o1. The highest BCUT2D eigenvalue weighted by Gasteiger charge is 2.51. The highest BCUT2D eigenvalue weighted by atomic mass is 16.5. The maximum absolute atomic E-state index is 6.14. The van der Waals surface area contributed by atoms with E-state index in [0.717, 1.165) is 53.8 Å². The number of aromatic nitrogens is 2. The Morgan fingerprint density at radius 3 is 2.72 bits per heavy atom. The van der Waals surface area contributed by atoms with E-state index < -0.39 is 0 Å². The van der Waals surface area contributed by atoms with Gasteiger partial charge in [-0.3, -0.25) is 4.90 Å². The van der Waals surface area contributed by atoms with Gasteiger partial charge < -0.3 is 9.15 Å². The number of hydrogen-bond donors (Lipinski definition) is 0. The van der Waals surface area contributed by atoms with Crippen molar-refractivity contribution in [3.63, 3.8) is 0 Å². The van der Waals surface area contributed by atoms with Gasteiger partial charge in [0.15, 0.2) is 5.82 Å². The number of hydrogen-bond acceptors (Lipinski definition) is 5. The van der Waals surface area contributed by atoms with E-state index in [1.165, 1.54) is 0 Å². The molecule has 0 bridgehead atoms. The maximum Gasteiger partial charge on any atom is 0.159 e. The summed E-state index contributed by atoms with van der Waals surface area (Å²) in [5.41, 5.74) is 2.95. The lowest BCUT2D eigenvalue weighted by Crippen LogP contribution is -2.58. The monoisotopic (exact) mass is 333 g/mol. The van der Waals surface area contributed by atoms with E-state index in [1.807, 2.05) is 55.6 Å². The Bertz CT molecular complexity index is 914. The molecule has 2 aliphatic heterocycles. The lowest BCUT2D eigenvalue weighted by molar-refractivity contribution is -0.146. The van der Waals surface area contributed by atoms with E-state index in [2.05, 4.69) is 9.88 Å². The third-order valence-corrected chi connectivity index (χ3v) is 5.01. The van der Waals surface area contributed by atoms with E-state index in [0.29, 0.717) is 6.61 Å². The molecule has 1 spiro atoms. The Kier molecular flexibility index (Phi) is 3.26. The maximum atomic E-state index is 6.14. The summed E-state index contributed by atoms with van der Waals surface area (Å²) in [7, 11) is 0. The Hall–Kier alpha value is -2.50. The van der Waals surface area contributed by atoms with Crippen LogP contribution in [-0.4, -0.2) is 28.0 Å². The van der Waals surface area contributed by atoms with Crippen LogP contribution in [0, 0.1) is 6.92 Å². The second kappa shape index (κ2) is 5.51. The first-order valence-electron chi connectivity index (χ1n) is 8.55. The number of nitrogens with zero attached hydrogens (tertiary/aromatic N) is 3. The first-order chi connectivity index (χ1) is 12.2. The third-order valence-electron chi connectivity index (χ3n) is 5.01. The fourth-order valence-electron chi connectivity index (χ4n) is 3.76. The largest absolute Gasteiger partial charge is 0.465 e. The highest BCUT2D eigenvalue weighted by molar-refractivity contribution is 5.55. The van der Waals surface area contributed by atoms with Crippen molar-refractivity contribution >= 4 is 0 Å². The zero-order chi connectivity index (χ0) is 16.9. The summed E-state index contributed by atoms with van der Waals surface area (Å²) < 4.78 is 11.8. The topological polar surface area (TPSA) is 51.4 Å². The Morgan fingerprint density at radius 1 is 1.12 bits per heavy atom. The smallest absolute Gasteiger partial charge is 0.159 e. The second-order valence-electron chi connectivity index (χ2n) is 6.86. The van der Waals surface area contributed by atoms with Gasteiger partial charge in [0.1, 0.15) is 17.1 Å². The van der Waals surface area contributed by atoms with Gasteiger partial charge in [-0.15, -0.1) is 0 Å². The molecule has 3 aromatic rings. The van der Waals surface area contributed by atoms with Crippen LogP contribution in [0.3, 0.4) is 0 Å². The standard InChI is InChI=1S/C20H19N3O2/c1-14-7-8-16(25-14)10-23-12-20(13-23)17-9-21-19(22-18(17)11-24-20)15-5-3-2-4-6-15/h2-9H,10-13H2,1H3. The van der Waals surface area contributed by atoms with Gasteiger partial charge in [-0.05, 0) is 19.1 Å². The number of furan rings is 1. The molecule has 0 saturated carbocycles. The van der Waals surface area contributed by atoms with Crippen molar-refractivity contribution in [2.45, 2.75) is 25.7 Å². The molecule has 0 aliphatic carbocycles. The van der Waals surface area contributed by atoms with E-state index in [4.69, 9.17) is 14.1 Å². The summed E-state index contributed by atoms with van der Waals surface area (Å²) in [4.78, 5) is 11.7. The van der Waals surface area contributed by atoms with Gasteiger partial charge in [-0.1, -0.05) is 30.3 Å². The van der Waals surface area contributed by atoms with Crippen LogP contribution in [0.15, 0.2) is 53.1 Å². The molecule has 1 aromatic carbocycles. The van der Waals surface area contributed by atoms with Gasteiger partial charge in [0.25, 0.3) is 0 Å². The van der Waals surface area contributed by atoms with Gasteiger partial charge in [0.2, 0.25) is 0 Å². The van der Waals surface area contributed by atoms with E-state index in [9.17, 15) is 0 Å². The lowest BCUT2D eigenvalue weighted by atomic mass is 9.87. The van der Waals surface area contributed by atoms with Crippen molar-refractivity contribution in [2.24, 2.45) is 0 Å². The van der Waals surface area contributed by atoms with Crippen LogP contribution in [0.4, 0.5) is 0 Å². The number of rotatable bonds is 3. The molecule has 0 amide bonds. The molecule has 0 N–H and O–H groups in total. The van der Waals surface area contributed by atoms with E-state index in [1.54, 1.807) is 0 Å². The average Bonchev–Trinajstić information content (AvgIpc) is 3.19. The summed E-state index contributed by atoms with van der Waals surface area (Å²) in [6.45, 7) is 5.06. The van der Waals surface area contributed by atoms with Gasteiger partial charge >= 0.3 is 0 Å². The first kappa shape index (κ1) is 14.8. The number of aryl methyl sites for hydroxylation is 1. The van der Waals surface area contributed by atoms with Gasteiger partial charge in [0, 0.05) is 30.4 Å². The molecule has 25 heavy (non-hydrogen) atoms. The number of benzene rings is 1. The average molecular weight is 333 g/mol. The van der Waals surface area contributed by atoms with Crippen LogP contribution >= 0.6 is 0 Å². The first-order valence-corrected chi connectivity index (χ1v) is 8.55. The molecule has 5 nitrogen and oxygen atoms in total. The van der Waals surface area contributed by atoms with Gasteiger partial charge in [-0.25, -0.2) is 9.97 Å². The molecule has 2 aliphatic rings. The lowest BCUT2D eigenvalue weighted by Gasteiger charge is -2.46. The van der Waals surface area contributed by atoms with Crippen molar-refractivity contribution in [2.75, 3.05) is 13.1 Å². The van der Waals surface area contributed by atoms with Crippen molar-refractivity contribution in [3.8, 4) is 11.4 Å². The minimum atomic E-state index is -0.244. The third kappa shape index (κ3) is 2.47. The van der Waals surface area contributed by atoms with Crippen LogP contribution in [0.25, 0.3) is 11.4 Å². The quantitative estimate of drug-likeness (QED) is 0.736. The fraction of sp³-hybridized carbons (Fsp3) is 0.300. The predicted octanol–water partition coefficient (Wildman–Crippen LogP) is 3.29. The minimum Gasteiger partial charge on any atom is -0.465 e. The number of ether oxygens (including phenoxy) is 1. The molecular weight excluding hydrogens is 314 g/mol. The Balaban J connectivity index is 1.34. The summed E-state index contributed by atoms with van der Waals surface area (Å²) in [5, 5.41) is 0. The summed E-state index contributed by atoms with van der Waals surface area (Å²) in [6, 6.07) is 14.1. The van der Waals surface area contributed by atoms with Crippen molar-refractivity contribution < 1.29 is 9.15 Å². The zero-order valence-corrected chi connectivity index (χ0v) is 14.1. The molecule has 5 rings (SSSR count). The fourth-order valence-corrected chi connectivity index (χ4v) is 3.76. The van der Waals surface area contributed by atoms with E-state index in [-0.39, 0.29) is 5.60 Å². The molecule has 5 heteroatoms. The van der Waals surface area contributed by atoms with E-state index >= 15 is 0 Å². The van der Waals surface area contributed by atoms with Gasteiger partial charge in [-0.2, -0.15) is 0 Å². The van der Waals surface area contributed by atoms with Crippen LogP contribution in [-0.2, 0) is 23.5 Å². The van der Waals surface area contributed by atoms with Crippen molar-refractivity contribution in [1.29, 1.82) is 0 Å². The van der Waals surface area contributed by atoms with Crippen LogP contribution < -0.4 is 0 Å². The van der Waals surface area contributed by atoms with Crippen LogP contribution in [0.1, 0.15) is 22.8 Å². The molecule has 2 aromatic heterocycles. The Labute approximate surface area is 146 Å². The minimum absolute atomic E-state index is 0.244. The zero-order valence-electron chi connectivity index (χ0n) is 14.1. The normalized spacial score (nSPS) is 18.3. The summed E-state index contributed by atoms with van der Waals surface area (Å²) in [5.74, 6) is 2.72. The molecule has 0 unspecified atom stereocenters. The van der Waals surface area contributed by atoms with Crippen molar-refractivity contribution in [3.05, 3.63) is 71.4 Å². The molecule has 0 atom stereocenters. The summed E-state index contributed by atoms with van der Waals surface area (Å²) >= 11 is 0. The molecule has 1 fully saturated rings. The highest BCUT2D eigenvalue weighted by Crippen LogP contribution is 2.43. The molecular formula is C20H19N3O2.